The molecule has 0 spiro atoms. The van der Waals surface area contributed by atoms with Gasteiger partial charge in [0.15, 0.2) is 0 Å². The Morgan fingerprint density at radius 1 is 1.27 bits per heavy atom. The van der Waals surface area contributed by atoms with Crippen molar-refractivity contribution in [2.24, 2.45) is 0 Å². The smallest absolute Gasteiger partial charge is 0.118 e. The minimum absolute atomic E-state index is 0.915. The van der Waals surface area contributed by atoms with Crippen LogP contribution in [0.2, 0.25) is 0 Å². The van der Waals surface area contributed by atoms with Crippen LogP contribution in [0.25, 0.3) is 0 Å². The number of hydrogen-bond acceptors (Lipinski definition) is 1. The molecule has 1 nitrogen and oxygen atoms in total. The fourth-order valence-electron chi connectivity index (χ4n) is 0.996. The summed E-state index contributed by atoms with van der Waals surface area (Å²) in [5.41, 5.74) is 1.32. The average molecular weight is 149 g/mol. The third kappa shape index (κ3) is 2.26. The molecule has 0 bridgehead atoms. The number of aryl methyl sites for hydroxylation is 1. The van der Waals surface area contributed by atoms with Gasteiger partial charge >= 0.3 is 0 Å². The van der Waals surface area contributed by atoms with Crippen molar-refractivity contribution >= 4 is 0 Å². The van der Waals surface area contributed by atoms with Gasteiger partial charge in [0.05, 0.1) is 7.11 Å². The molecular weight excluding hydrogens is 136 g/mol. The van der Waals surface area contributed by atoms with Crippen LogP contribution in [-0.4, -0.2) is 7.11 Å². The van der Waals surface area contributed by atoms with Gasteiger partial charge in [0.2, 0.25) is 0 Å². The van der Waals surface area contributed by atoms with E-state index in [1.54, 1.807) is 7.11 Å². The van der Waals surface area contributed by atoms with Crippen LogP contribution in [0.3, 0.4) is 0 Å². The second-order valence-corrected chi connectivity index (χ2v) is 2.45. The number of hydrogen-bond donors (Lipinski definition) is 0. The van der Waals surface area contributed by atoms with Gasteiger partial charge in [0.25, 0.3) is 0 Å². The summed E-state index contributed by atoms with van der Waals surface area (Å²) >= 11 is 0. The van der Waals surface area contributed by atoms with Crippen molar-refractivity contribution in [3.05, 3.63) is 36.8 Å². The topological polar surface area (TPSA) is 9.23 Å². The van der Waals surface area contributed by atoms with E-state index in [2.05, 4.69) is 19.1 Å². The molecule has 1 heteroatoms. The molecule has 59 valence electrons. The Morgan fingerprint density at radius 3 is 2.36 bits per heavy atom. The van der Waals surface area contributed by atoms with E-state index in [0.717, 1.165) is 18.6 Å². The molecule has 0 aliphatic heterocycles. The van der Waals surface area contributed by atoms with Gasteiger partial charge in [-0.05, 0) is 30.5 Å². The summed E-state index contributed by atoms with van der Waals surface area (Å²) in [5.74, 6) is 0.915. The summed E-state index contributed by atoms with van der Waals surface area (Å²) in [7, 11) is 1.68. The first-order valence-electron chi connectivity index (χ1n) is 3.79. The van der Waals surface area contributed by atoms with E-state index >= 15 is 0 Å². The third-order valence-corrected chi connectivity index (χ3v) is 1.62. The Hall–Kier alpha value is -0.980. The summed E-state index contributed by atoms with van der Waals surface area (Å²) < 4.78 is 5.03. The molecular formula is C10H13O. The number of methoxy groups -OCH3 is 1. The highest BCUT2D eigenvalue weighted by Gasteiger charge is 1.91. The first-order valence-corrected chi connectivity index (χ1v) is 3.79. The van der Waals surface area contributed by atoms with Crippen molar-refractivity contribution in [1.29, 1.82) is 0 Å². The van der Waals surface area contributed by atoms with Gasteiger partial charge in [-0.25, -0.2) is 0 Å². The van der Waals surface area contributed by atoms with E-state index < -0.39 is 0 Å². The highest BCUT2D eigenvalue weighted by molar-refractivity contribution is 5.27. The summed E-state index contributed by atoms with van der Waals surface area (Å²) in [6.45, 7) is 3.79. The van der Waals surface area contributed by atoms with Gasteiger partial charge in [0, 0.05) is 0 Å². The van der Waals surface area contributed by atoms with E-state index in [1.165, 1.54) is 5.56 Å². The van der Waals surface area contributed by atoms with E-state index in [4.69, 9.17) is 4.74 Å². The Bertz CT molecular complexity index is 201. The van der Waals surface area contributed by atoms with Crippen LogP contribution in [0.15, 0.2) is 24.3 Å². The fourth-order valence-corrected chi connectivity index (χ4v) is 0.996. The van der Waals surface area contributed by atoms with Gasteiger partial charge in [0.1, 0.15) is 5.75 Å². The lowest BCUT2D eigenvalue weighted by atomic mass is 10.1. The molecule has 0 heterocycles. The number of benzene rings is 1. The Balaban J connectivity index is 2.66. The van der Waals surface area contributed by atoms with Crippen molar-refractivity contribution in [1.82, 2.24) is 0 Å². The standard InChI is InChI=1S/C10H13O/c1-3-4-9-5-7-10(11-2)8-6-9/h5-8H,1,3-4H2,2H3. The monoisotopic (exact) mass is 149 g/mol. The van der Waals surface area contributed by atoms with Gasteiger partial charge < -0.3 is 4.74 Å². The maximum absolute atomic E-state index is 5.03. The van der Waals surface area contributed by atoms with Crippen LogP contribution in [0, 0.1) is 6.92 Å². The molecule has 0 aromatic heterocycles. The SMILES string of the molecule is [CH2]CCc1ccc(OC)cc1. The zero-order valence-electron chi connectivity index (χ0n) is 6.84. The summed E-state index contributed by atoms with van der Waals surface area (Å²) in [6.07, 6.45) is 2.00. The molecule has 1 radical (unpaired) electrons. The highest BCUT2D eigenvalue weighted by atomic mass is 16.5. The van der Waals surface area contributed by atoms with Crippen LogP contribution in [0.5, 0.6) is 5.75 Å². The second-order valence-electron chi connectivity index (χ2n) is 2.45. The molecule has 0 amide bonds. The van der Waals surface area contributed by atoms with E-state index in [9.17, 15) is 0 Å². The van der Waals surface area contributed by atoms with Crippen LogP contribution >= 0.6 is 0 Å². The van der Waals surface area contributed by atoms with Crippen LogP contribution in [-0.2, 0) is 6.42 Å². The van der Waals surface area contributed by atoms with Crippen molar-refractivity contribution in [2.75, 3.05) is 7.11 Å². The normalized spacial score (nSPS) is 9.64. The zero-order chi connectivity index (χ0) is 8.10. The van der Waals surface area contributed by atoms with E-state index in [1.807, 2.05) is 12.1 Å². The Labute approximate surface area is 68.0 Å². The summed E-state index contributed by atoms with van der Waals surface area (Å²) in [4.78, 5) is 0. The summed E-state index contributed by atoms with van der Waals surface area (Å²) in [5, 5.41) is 0. The quantitative estimate of drug-likeness (QED) is 0.641. The number of rotatable bonds is 3. The molecule has 1 aromatic rings. The Morgan fingerprint density at radius 2 is 1.91 bits per heavy atom. The molecule has 0 fully saturated rings. The maximum Gasteiger partial charge on any atom is 0.118 e. The molecule has 0 aliphatic carbocycles. The van der Waals surface area contributed by atoms with Crippen molar-refractivity contribution < 1.29 is 4.74 Å². The van der Waals surface area contributed by atoms with Gasteiger partial charge in [-0.2, -0.15) is 0 Å². The van der Waals surface area contributed by atoms with Crippen LogP contribution < -0.4 is 4.74 Å². The second kappa shape index (κ2) is 4.02. The van der Waals surface area contributed by atoms with Crippen LogP contribution in [0.4, 0.5) is 0 Å². The van der Waals surface area contributed by atoms with E-state index in [0.29, 0.717) is 0 Å². The Kier molecular flexibility index (Phi) is 2.96. The molecule has 0 atom stereocenters. The van der Waals surface area contributed by atoms with Gasteiger partial charge in [-0.15, -0.1) is 0 Å². The highest BCUT2D eigenvalue weighted by Crippen LogP contribution is 2.11. The first kappa shape index (κ1) is 8.12. The minimum Gasteiger partial charge on any atom is -0.497 e. The molecule has 0 unspecified atom stereocenters. The lowest BCUT2D eigenvalue weighted by molar-refractivity contribution is 0.414. The van der Waals surface area contributed by atoms with Gasteiger partial charge in [-0.1, -0.05) is 19.1 Å². The largest absolute Gasteiger partial charge is 0.497 e. The van der Waals surface area contributed by atoms with Crippen molar-refractivity contribution in [3.8, 4) is 5.75 Å². The fraction of sp³-hybridized carbons (Fsp3) is 0.300. The third-order valence-electron chi connectivity index (χ3n) is 1.62. The zero-order valence-corrected chi connectivity index (χ0v) is 6.84. The molecule has 1 aromatic carbocycles. The molecule has 0 saturated carbocycles. The maximum atomic E-state index is 5.03. The lowest BCUT2D eigenvalue weighted by Crippen LogP contribution is -1.84. The van der Waals surface area contributed by atoms with E-state index in [-0.39, 0.29) is 0 Å². The first-order chi connectivity index (χ1) is 5.36. The molecule has 0 N–H and O–H groups in total. The minimum atomic E-state index is 0.915. The average Bonchev–Trinajstić information content (AvgIpc) is 2.07. The lowest BCUT2D eigenvalue weighted by Gasteiger charge is -2.00. The molecule has 0 saturated heterocycles. The van der Waals surface area contributed by atoms with Crippen molar-refractivity contribution in [2.45, 2.75) is 12.8 Å². The molecule has 11 heavy (non-hydrogen) atoms. The molecule has 0 aliphatic rings. The molecule has 1 rings (SSSR count). The summed E-state index contributed by atoms with van der Waals surface area (Å²) in [6, 6.07) is 8.10. The number of ether oxygens (including phenoxy) is 1. The predicted molar refractivity (Wildman–Crippen MR) is 46.7 cm³/mol. The predicted octanol–water partition coefficient (Wildman–Crippen LogP) is 2.46. The van der Waals surface area contributed by atoms with Crippen molar-refractivity contribution in [3.63, 3.8) is 0 Å². The van der Waals surface area contributed by atoms with Crippen LogP contribution in [0.1, 0.15) is 12.0 Å². The van der Waals surface area contributed by atoms with Gasteiger partial charge in [-0.3, -0.25) is 0 Å².